The molecular formula is C20H29NO4. The minimum Gasteiger partial charge on any atom is -0.497 e. The number of aryl methyl sites for hydroxylation is 1. The molecule has 2 aliphatic heterocycles. The fourth-order valence-corrected chi connectivity index (χ4v) is 4.24. The van der Waals surface area contributed by atoms with Crippen molar-refractivity contribution in [3.8, 4) is 5.75 Å². The molecule has 2 aliphatic rings. The molecule has 5 nitrogen and oxygen atoms in total. The van der Waals surface area contributed by atoms with Crippen LogP contribution in [0.4, 0.5) is 0 Å². The highest BCUT2D eigenvalue weighted by molar-refractivity contribution is 5.76. The van der Waals surface area contributed by atoms with Crippen molar-refractivity contribution in [2.75, 3.05) is 40.5 Å². The van der Waals surface area contributed by atoms with Crippen LogP contribution in [0.5, 0.6) is 5.75 Å². The van der Waals surface area contributed by atoms with Gasteiger partial charge in [0.15, 0.2) is 0 Å². The Kier molecular flexibility index (Phi) is 5.97. The molecular weight excluding hydrogens is 318 g/mol. The second-order valence-corrected chi connectivity index (χ2v) is 7.21. The Hall–Kier alpha value is -1.59. The highest BCUT2D eigenvalue weighted by atomic mass is 16.5. The summed E-state index contributed by atoms with van der Waals surface area (Å²) in [7, 11) is 3.40. The van der Waals surface area contributed by atoms with Crippen LogP contribution >= 0.6 is 0 Å². The van der Waals surface area contributed by atoms with Gasteiger partial charge in [-0.25, -0.2) is 0 Å². The quantitative estimate of drug-likeness (QED) is 0.794. The zero-order chi connectivity index (χ0) is 17.7. The average Bonchev–Trinajstić information content (AvgIpc) is 2.65. The Bertz CT molecular complexity index is 587. The molecule has 1 aromatic carbocycles. The van der Waals surface area contributed by atoms with E-state index in [0.29, 0.717) is 13.0 Å². The third-order valence-corrected chi connectivity index (χ3v) is 5.53. The lowest BCUT2D eigenvalue weighted by molar-refractivity contribution is -0.162. The Morgan fingerprint density at radius 2 is 2.28 bits per heavy atom. The van der Waals surface area contributed by atoms with Crippen molar-refractivity contribution in [1.82, 2.24) is 4.90 Å². The second-order valence-electron chi connectivity index (χ2n) is 7.21. The number of nitrogens with zero attached hydrogens (tertiary/aromatic N) is 1. The summed E-state index contributed by atoms with van der Waals surface area (Å²) in [5, 5.41) is 0. The molecule has 3 rings (SSSR count). The standard InChI is InChI=1S/C20H29NO4/c1-23-15-20-10-4-12-25-18(20)9-11-21(14-20)19(22)8-7-16-5-3-6-17(13-16)24-2/h3,5-6,13,18H,4,7-12,14-15H2,1-2H3/t18-,20-/m0/s1. The van der Waals surface area contributed by atoms with E-state index in [-0.39, 0.29) is 17.4 Å². The Morgan fingerprint density at radius 3 is 3.08 bits per heavy atom. The maximum atomic E-state index is 12.8. The third kappa shape index (κ3) is 4.15. The van der Waals surface area contributed by atoms with Crippen LogP contribution < -0.4 is 4.74 Å². The summed E-state index contributed by atoms with van der Waals surface area (Å²) in [5.41, 5.74) is 1.10. The van der Waals surface area contributed by atoms with Crippen molar-refractivity contribution in [1.29, 1.82) is 0 Å². The molecule has 0 saturated carbocycles. The first-order valence-electron chi connectivity index (χ1n) is 9.18. The van der Waals surface area contributed by atoms with Gasteiger partial charge < -0.3 is 19.1 Å². The minimum atomic E-state index is -0.0309. The van der Waals surface area contributed by atoms with Crippen molar-refractivity contribution in [3.63, 3.8) is 0 Å². The van der Waals surface area contributed by atoms with Gasteiger partial charge >= 0.3 is 0 Å². The van der Waals surface area contributed by atoms with E-state index in [1.807, 2.05) is 29.2 Å². The number of hydrogen-bond acceptors (Lipinski definition) is 4. The molecule has 0 bridgehead atoms. The lowest BCUT2D eigenvalue weighted by atomic mass is 9.73. The first-order valence-corrected chi connectivity index (χ1v) is 9.18. The maximum absolute atomic E-state index is 12.8. The lowest BCUT2D eigenvalue weighted by Gasteiger charge is -2.50. The number of methoxy groups -OCH3 is 2. The monoisotopic (exact) mass is 347 g/mol. The van der Waals surface area contributed by atoms with Crippen LogP contribution in [0, 0.1) is 5.41 Å². The highest BCUT2D eigenvalue weighted by Gasteiger charge is 2.46. The van der Waals surface area contributed by atoms with Crippen LogP contribution in [0.25, 0.3) is 0 Å². The van der Waals surface area contributed by atoms with Crippen LogP contribution in [0.3, 0.4) is 0 Å². The van der Waals surface area contributed by atoms with Gasteiger partial charge in [0.05, 0.1) is 19.8 Å². The van der Waals surface area contributed by atoms with E-state index in [1.54, 1.807) is 14.2 Å². The number of fused-ring (bicyclic) bond motifs is 1. The maximum Gasteiger partial charge on any atom is 0.222 e. The molecule has 2 atom stereocenters. The number of likely N-dealkylation sites (tertiary alicyclic amines) is 1. The van der Waals surface area contributed by atoms with E-state index in [9.17, 15) is 4.79 Å². The van der Waals surface area contributed by atoms with Crippen LogP contribution in [0.1, 0.15) is 31.2 Å². The van der Waals surface area contributed by atoms with Gasteiger partial charge in [-0.1, -0.05) is 12.1 Å². The van der Waals surface area contributed by atoms with Gasteiger partial charge in [0, 0.05) is 38.6 Å². The molecule has 5 heteroatoms. The molecule has 0 spiro atoms. The van der Waals surface area contributed by atoms with E-state index in [2.05, 4.69) is 0 Å². The molecule has 1 amide bonds. The SMILES string of the molecule is COC[C@@]12CCCO[C@H]1CCN(C(=O)CCc1cccc(OC)c1)C2. The third-order valence-electron chi connectivity index (χ3n) is 5.53. The fourth-order valence-electron chi connectivity index (χ4n) is 4.24. The normalized spacial score (nSPS) is 26.2. The highest BCUT2D eigenvalue weighted by Crippen LogP contribution is 2.40. The number of hydrogen-bond donors (Lipinski definition) is 0. The molecule has 2 saturated heterocycles. The van der Waals surface area contributed by atoms with Gasteiger partial charge in [-0.3, -0.25) is 4.79 Å². The topological polar surface area (TPSA) is 48.0 Å². The Labute approximate surface area is 150 Å². The van der Waals surface area contributed by atoms with Crippen molar-refractivity contribution in [2.45, 2.75) is 38.2 Å². The summed E-state index contributed by atoms with van der Waals surface area (Å²) < 4.78 is 16.7. The summed E-state index contributed by atoms with van der Waals surface area (Å²) in [5.74, 6) is 1.06. The molecule has 0 aliphatic carbocycles. The Morgan fingerprint density at radius 1 is 1.40 bits per heavy atom. The average molecular weight is 347 g/mol. The number of piperidine rings is 1. The van der Waals surface area contributed by atoms with Gasteiger partial charge in [0.25, 0.3) is 0 Å². The van der Waals surface area contributed by atoms with E-state index < -0.39 is 0 Å². The molecule has 138 valence electrons. The van der Waals surface area contributed by atoms with E-state index in [0.717, 1.165) is 56.7 Å². The van der Waals surface area contributed by atoms with Crippen molar-refractivity contribution >= 4 is 5.91 Å². The number of benzene rings is 1. The molecule has 0 radical (unpaired) electrons. The summed E-state index contributed by atoms with van der Waals surface area (Å²) >= 11 is 0. The minimum absolute atomic E-state index is 0.0309. The molecule has 0 unspecified atom stereocenters. The number of carbonyl (C=O) groups is 1. The van der Waals surface area contributed by atoms with Crippen LogP contribution in [-0.4, -0.2) is 57.4 Å². The number of ether oxygens (including phenoxy) is 3. The largest absolute Gasteiger partial charge is 0.497 e. The number of amides is 1. The Balaban J connectivity index is 1.60. The predicted octanol–water partition coefficient (Wildman–Crippen LogP) is 2.67. The number of rotatable bonds is 6. The smallest absolute Gasteiger partial charge is 0.222 e. The summed E-state index contributed by atoms with van der Waals surface area (Å²) in [4.78, 5) is 14.8. The molecule has 2 heterocycles. The van der Waals surface area contributed by atoms with Crippen LogP contribution in [0.15, 0.2) is 24.3 Å². The lowest BCUT2D eigenvalue weighted by Crippen LogP contribution is -2.58. The van der Waals surface area contributed by atoms with Gasteiger partial charge in [-0.05, 0) is 43.4 Å². The van der Waals surface area contributed by atoms with Crippen molar-refractivity contribution in [2.24, 2.45) is 5.41 Å². The van der Waals surface area contributed by atoms with E-state index >= 15 is 0 Å². The van der Waals surface area contributed by atoms with Crippen LogP contribution in [-0.2, 0) is 20.7 Å². The van der Waals surface area contributed by atoms with E-state index in [1.165, 1.54) is 0 Å². The van der Waals surface area contributed by atoms with Gasteiger partial charge in [0.1, 0.15) is 5.75 Å². The fraction of sp³-hybridized carbons (Fsp3) is 0.650. The van der Waals surface area contributed by atoms with Gasteiger partial charge in [-0.15, -0.1) is 0 Å². The van der Waals surface area contributed by atoms with E-state index in [4.69, 9.17) is 14.2 Å². The molecule has 1 aromatic rings. The van der Waals surface area contributed by atoms with Crippen molar-refractivity contribution < 1.29 is 19.0 Å². The molecule has 25 heavy (non-hydrogen) atoms. The summed E-state index contributed by atoms with van der Waals surface area (Å²) in [6, 6.07) is 7.94. The first kappa shape index (κ1) is 18.2. The van der Waals surface area contributed by atoms with Gasteiger partial charge in [0.2, 0.25) is 5.91 Å². The summed E-state index contributed by atoms with van der Waals surface area (Å²) in [6.07, 6.45) is 4.53. The predicted molar refractivity (Wildman–Crippen MR) is 95.8 cm³/mol. The molecule has 0 N–H and O–H groups in total. The molecule has 2 fully saturated rings. The molecule has 0 aromatic heterocycles. The zero-order valence-electron chi connectivity index (χ0n) is 15.3. The van der Waals surface area contributed by atoms with Crippen LogP contribution in [0.2, 0.25) is 0 Å². The zero-order valence-corrected chi connectivity index (χ0v) is 15.3. The number of carbonyl (C=O) groups excluding carboxylic acids is 1. The van der Waals surface area contributed by atoms with Gasteiger partial charge in [-0.2, -0.15) is 0 Å². The van der Waals surface area contributed by atoms with Crippen molar-refractivity contribution in [3.05, 3.63) is 29.8 Å². The second kappa shape index (κ2) is 8.19. The first-order chi connectivity index (χ1) is 12.2. The summed E-state index contributed by atoms with van der Waals surface area (Å²) in [6.45, 7) is 3.03.